The van der Waals surface area contributed by atoms with Crippen LogP contribution in [0.15, 0.2) is 72.9 Å². The molecule has 0 atom stereocenters. The zero-order chi connectivity index (χ0) is 16.5. The molecule has 4 aromatic rings. The van der Waals surface area contributed by atoms with Gasteiger partial charge in [0.15, 0.2) is 0 Å². The van der Waals surface area contributed by atoms with Crippen molar-refractivity contribution in [2.75, 3.05) is 0 Å². The highest BCUT2D eigenvalue weighted by Gasteiger charge is 2.13. The molecule has 0 saturated carbocycles. The first-order valence-electron chi connectivity index (χ1n) is 7.78. The number of aryl methyl sites for hydroxylation is 1. The van der Waals surface area contributed by atoms with Crippen molar-refractivity contribution in [3.05, 3.63) is 84.1 Å². The summed E-state index contributed by atoms with van der Waals surface area (Å²) in [7, 11) is 0. The summed E-state index contributed by atoms with van der Waals surface area (Å²) in [5.74, 6) is 0.165. The second-order valence-electron chi connectivity index (χ2n) is 5.75. The Morgan fingerprint density at radius 3 is 2.46 bits per heavy atom. The number of ether oxygens (including phenoxy) is 1. The molecule has 3 aromatic carbocycles. The summed E-state index contributed by atoms with van der Waals surface area (Å²) in [5.41, 5.74) is 2.47. The standard InChI is InChI=1S/C21H15NO2/c1-14-7-9-17(10-8-14)21(23)24-18-6-2-4-15-11-12-16-5-3-13-22-20(16)19(15)18/h2-13H,1H3. The summed E-state index contributed by atoms with van der Waals surface area (Å²) in [6.45, 7) is 1.98. The Bertz CT molecular complexity index is 1050. The van der Waals surface area contributed by atoms with Gasteiger partial charge >= 0.3 is 5.97 Å². The van der Waals surface area contributed by atoms with Crippen molar-refractivity contribution in [3.8, 4) is 5.75 Å². The molecule has 0 aliphatic rings. The maximum Gasteiger partial charge on any atom is 0.343 e. The molecule has 1 heterocycles. The Kier molecular flexibility index (Phi) is 3.47. The van der Waals surface area contributed by atoms with Gasteiger partial charge < -0.3 is 4.74 Å². The van der Waals surface area contributed by atoms with Crippen molar-refractivity contribution in [2.24, 2.45) is 0 Å². The Morgan fingerprint density at radius 1 is 0.875 bits per heavy atom. The van der Waals surface area contributed by atoms with Gasteiger partial charge in [-0.25, -0.2) is 4.79 Å². The van der Waals surface area contributed by atoms with E-state index in [2.05, 4.69) is 4.98 Å². The van der Waals surface area contributed by atoms with Gasteiger partial charge in [0.25, 0.3) is 0 Å². The minimum atomic E-state index is -0.365. The van der Waals surface area contributed by atoms with Crippen molar-refractivity contribution in [3.63, 3.8) is 0 Å². The fourth-order valence-electron chi connectivity index (χ4n) is 2.81. The van der Waals surface area contributed by atoms with E-state index in [-0.39, 0.29) is 5.97 Å². The number of rotatable bonds is 2. The Hall–Kier alpha value is -3.20. The summed E-state index contributed by atoms with van der Waals surface area (Å²) in [6, 6.07) is 21.0. The van der Waals surface area contributed by atoms with Crippen LogP contribution in [-0.2, 0) is 0 Å². The predicted octanol–water partition coefficient (Wildman–Crippen LogP) is 4.92. The van der Waals surface area contributed by atoms with Crippen LogP contribution in [0.5, 0.6) is 5.75 Å². The fourth-order valence-corrected chi connectivity index (χ4v) is 2.81. The molecular weight excluding hydrogens is 298 g/mol. The van der Waals surface area contributed by atoms with Crippen LogP contribution in [0.2, 0.25) is 0 Å². The molecule has 0 bridgehead atoms. The van der Waals surface area contributed by atoms with Gasteiger partial charge in [-0.2, -0.15) is 0 Å². The van der Waals surface area contributed by atoms with Crippen LogP contribution in [0.1, 0.15) is 15.9 Å². The average molecular weight is 313 g/mol. The van der Waals surface area contributed by atoms with Crippen LogP contribution in [-0.4, -0.2) is 11.0 Å². The van der Waals surface area contributed by atoms with E-state index >= 15 is 0 Å². The van der Waals surface area contributed by atoms with Gasteiger partial charge in [-0.1, -0.05) is 48.0 Å². The van der Waals surface area contributed by atoms with Crippen LogP contribution in [0.25, 0.3) is 21.7 Å². The van der Waals surface area contributed by atoms with E-state index in [0.29, 0.717) is 11.3 Å². The Morgan fingerprint density at radius 2 is 1.62 bits per heavy atom. The maximum atomic E-state index is 12.5. The molecule has 0 aliphatic carbocycles. The molecule has 1 aromatic heterocycles. The van der Waals surface area contributed by atoms with Crippen molar-refractivity contribution in [1.29, 1.82) is 0 Å². The normalized spacial score (nSPS) is 10.9. The van der Waals surface area contributed by atoms with E-state index in [4.69, 9.17) is 4.74 Å². The molecule has 0 aliphatic heterocycles. The lowest BCUT2D eigenvalue weighted by Gasteiger charge is -2.10. The molecule has 3 heteroatoms. The number of pyridine rings is 1. The summed E-state index contributed by atoms with van der Waals surface area (Å²) >= 11 is 0. The molecular formula is C21H15NO2. The van der Waals surface area contributed by atoms with Crippen LogP contribution < -0.4 is 4.74 Å². The predicted molar refractivity (Wildman–Crippen MR) is 95.4 cm³/mol. The number of carbonyl (C=O) groups is 1. The lowest BCUT2D eigenvalue weighted by Crippen LogP contribution is -2.08. The van der Waals surface area contributed by atoms with E-state index in [0.717, 1.165) is 27.2 Å². The highest BCUT2D eigenvalue weighted by atomic mass is 16.5. The Labute approximate surface area is 139 Å². The zero-order valence-electron chi connectivity index (χ0n) is 13.2. The molecule has 116 valence electrons. The highest BCUT2D eigenvalue weighted by Crippen LogP contribution is 2.32. The quantitative estimate of drug-likeness (QED) is 0.300. The van der Waals surface area contributed by atoms with Crippen LogP contribution in [0.4, 0.5) is 0 Å². The third-order valence-electron chi connectivity index (χ3n) is 4.07. The van der Waals surface area contributed by atoms with E-state index in [1.54, 1.807) is 18.3 Å². The third kappa shape index (κ3) is 2.50. The van der Waals surface area contributed by atoms with Crippen LogP contribution in [0.3, 0.4) is 0 Å². The number of fused-ring (bicyclic) bond motifs is 3. The Balaban J connectivity index is 1.83. The largest absolute Gasteiger partial charge is 0.422 e. The first-order chi connectivity index (χ1) is 11.7. The number of esters is 1. The topological polar surface area (TPSA) is 39.2 Å². The minimum absolute atomic E-state index is 0.365. The maximum absolute atomic E-state index is 12.5. The number of carbonyl (C=O) groups excluding carboxylic acids is 1. The fraction of sp³-hybridized carbons (Fsp3) is 0.0476. The van der Waals surface area contributed by atoms with Gasteiger partial charge in [0.1, 0.15) is 5.75 Å². The van der Waals surface area contributed by atoms with E-state index in [9.17, 15) is 4.79 Å². The van der Waals surface area contributed by atoms with Gasteiger partial charge in [0, 0.05) is 11.6 Å². The smallest absolute Gasteiger partial charge is 0.343 e. The van der Waals surface area contributed by atoms with Crippen molar-refractivity contribution in [2.45, 2.75) is 6.92 Å². The molecule has 0 unspecified atom stereocenters. The molecule has 0 fully saturated rings. The van der Waals surface area contributed by atoms with E-state index in [1.165, 1.54) is 0 Å². The molecule has 4 rings (SSSR count). The number of aromatic nitrogens is 1. The van der Waals surface area contributed by atoms with Crippen LogP contribution >= 0.6 is 0 Å². The summed E-state index contributed by atoms with van der Waals surface area (Å²) in [5, 5.41) is 2.87. The monoisotopic (exact) mass is 313 g/mol. The van der Waals surface area contributed by atoms with Gasteiger partial charge in [0.05, 0.1) is 16.5 Å². The lowest BCUT2D eigenvalue weighted by molar-refractivity contribution is 0.0737. The second-order valence-corrected chi connectivity index (χ2v) is 5.75. The number of benzene rings is 3. The van der Waals surface area contributed by atoms with Gasteiger partial charge in [-0.05, 0) is 36.6 Å². The third-order valence-corrected chi connectivity index (χ3v) is 4.07. The minimum Gasteiger partial charge on any atom is -0.422 e. The number of nitrogens with zero attached hydrogens (tertiary/aromatic N) is 1. The second kappa shape index (κ2) is 5.78. The summed E-state index contributed by atoms with van der Waals surface area (Å²) in [4.78, 5) is 16.9. The van der Waals surface area contributed by atoms with Crippen molar-refractivity contribution >= 4 is 27.6 Å². The molecule has 0 amide bonds. The number of hydrogen-bond donors (Lipinski definition) is 0. The molecule has 0 saturated heterocycles. The van der Waals surface area contributed by atoms with Crippen molar-refractivity contribution in [1.82, 2.24) is 4.98 Å². The van der Waals surface area contributed by atoms with Gasteiger partial charge in [-0.15, -0.1) is 0 Å². The molecule has 0 N–H and O–H groups in total. The SMILES string of the molecule is Cc1ccc(C(=O)Oc2cccc3ccc4cccnc4c23)cc1. The number of hydrogen-bond acceptors (Lipinski definition) is 3. The van der Waals surface area contributed by atoms with Crippen LogP contribution in [0, 0.1) is 6.92 Å². The van der Waals surface area contributed by atoms with Gasteiger partial charge in [-0.3, -0.25) is 4.98 Å². The summed E-state index contributed by atoms with van der Waals surface area (Å²) < 4.78 is 5.68. The zero-order valence-corrected chi connectivity index (χ0v) is 13.2. The van der Waals surface area contributed by atoms with E-state index in [1.807, 2.05) is 61.5 Å². The molecule has 0 radical (unpaired) electrons. The van der Waals surface area contributed by atoms with E-state index < -0.39 is 0 Å². The first kappa shape index (κ1) is 14.4. The molecule has 3 nitrogen and oxygen atoms in total. The lowest BCUT2D eigenvalue weighted by atomic mass is 10.1. The van der Waals surface area contributed by atoms with Crippen molar-refractivity contribution < 1.29 is 9.53 Å². The molecule has 24 heavy (non-hydrogen) atoms. The summed E-state index contributed by atoms with van der Waals surface area (Å²) in [6.07, 6.45) is 1.75. The first-order valence-corrected chi connectivity index (χ1v) is 7.78. The van der Waals surface area contributed by atoms with Gasteiger partial charge in [0.2, 0.25) is 0 Å². The highest BCUT2D eigenvalue weighted by molar-refractivity contribution is 6.09. The molecule has 0 spiro atoms. The average Bonchev–Trinajstić information content (AvgIpc) is 2.62.